The summed E-state index contributed by atoms with van der Waals surface area (Å²) in [6.45, 7) is 2.59. The number of amides is 1. The topological polar surface area (TPSA) is 75.7 Å². The first-order valence-electron chi connectivity index (χ1n) is 10.3. The molecule has 0 saturated carbocycles. The number of rotatable bonds is 6. The minimum atomic E-state index is -3.83. The lowest BCUT2D eigenvalue weighted by atomic mass is 10.0. The molecule has 166 valence electrons. The van der Waals surface area contributed by atoms with E-state index in [1.165, 1.54) is 16.4 Å². The second-order valence-corrected chi connectivity index (χ2v) is 9.66. The van der Waals surface area contributed by atoms with E-state index in [0.29, 0.717) is 35.2 Å². The number of carbonyl (C=O) groups excluding carboxylic acids is 1. The van der Waals surface area contributed by atoms with Gasteiger partial charge in [0.25, 0.3) is 15.9 Å². The number of sulfonamides is 1. The number of nitrogens with one attached hydrogen (secondary N) is 1. The Bertz CT molecular complexity index is 1240. The lowest BCUT2D eigenvalue weighted by Crippen LogP contribution is -2.35. The quantitative estimate of drug-likeness (QED) is 0.541. The van der Waals surface area contributed by atoms with Gasteiger partial charge in [0.1, 0.15) is 5.75 Å². The molecule has 0 spiro atoms. The maximum atomic E-state index is 13.5. The average molecular weight is 471 g/mol. The number of fused-ring (bicyclic) bond motifs is 1. The lowest BCUT2D eigenvalue weighted by Gasteiger charge is -2.30. The molecular weight excluding hydrogens is 448 g/mol. The monoisotopic (exact) mass is 470 g/mol. The molecule has 1 N–H and O–H groups in total. The van der Waals surface area contributed by atoms with E-state index in [1.54, 1.807) is 30.3 Å². The molecule has 0 saturated heterocycles. The Hall–Kier alpha value is -3.03. The number of nitrogens with zero attached hydrogens (tertiary/aromatic N) is 1. The summed E-state index contributed by atoms with van der Waals surface area (Å²) in [5, 5.41) is 3.30. The highest BCUT2D eigenvalue weighted by Gasteiger charge is 2.29. The van der Waals surface area contributed by atoms with Crippen molar-refractivity contribution in [3.63, 3.8) is 0 Å². The zero-order valence-corrected chi connectivity index (χ0v) is 19.1. The van der Waals surface area contributed by atoms with Gasteiger partial charge in [0.2, 0.25) is 0 Å². The minimum Gasteiger partial charge on any atom is -0.492 e. The fourth-order valence-corrected chi connectivity index (χ4v) is 5.41. The molecule has 1 aliphatic rings. The van der Waals surface area contributed by atoms with Crippen LogP contribution < -0.4 is 14.4 Å². The van der Waals surface area contributed by atoms with E-state index in [4.69, 9.17) is 16.3 Å². The highest BCUT2D eigenvalue weighted by Crippen LogP contribution is 2.34. The first-order valence-corrected chi connectivity index (χ1v) is 12.2. The van der Waals surface area contributed by atoms with Crippen molar-refractivity contribution in [2.75, 3.05) is 22.8 Å². The number of para-hydroxylation sites is 1. The molecule has 4 rings (SSSR count). The summed E-state index contributed by atoms with van der Waals surface area (Å²) in [5.74, 6) is 0.00768. The molecule has 8 heteroatoms. The van der Waals surface area contributed by atoms with Crippen LogP contribution in [-0.4, -0.2) is 27.5 Å². The zero-order chi connectivity index (χ0) is 22.7. The number of ether oxygens (including phenoxy) is 1. The molecule has 1 amide bonds. The van der Waals surface area contributed by atoms with E-state index in [1.807, 2.05) is 31.2 Å². The largest absolute Gasteiger partial charge is 0.492 e. The van der Waals surface area contributed by atoms with Crippen LogP contribution in [0.4, 0.5) is 11.4 Å². The lowest BCUT2D eigenvalue weighted by molar-refractivity contribution is 0.102. The summed E-state index contributed by atoms with van der Waals surface area (Å²) < 4.78 is 34.1. The Balaban J connectivity index is 1.70. The molecule has 3 aromatic carbocycles. The fourth-order valence-electron chi connectivity index (χ4n) is 3.72. The van der Waals surface area contributed by atoms with Gasteiger partial charge in [-0.2, -0.15) is 0 Å². The molecule has 0 atom stereocenters. The molecule has 0 bridgehead atoms. The standard InChI is InChI=1S/C24H23ClN2O4S/c1-2-31-23-14-13-20(16-21(23)26-24(28)18-9-11-19(25)12-10-18)32(29,30)27-15-5-7-17-6-3-4-8-22(17)27/h3-4,6,8-14,16H,2,5,7,15H2,1H3,(H,26,28). The van der Waals surface area contributed by atoms with Crippen molar-refractivity contribution in [3.8, 4) is 5.75 Å². The van der Waals surface area contributed by atoms with Crippen LogP contribution in [0.25, 0.3) is 0 Å². The predicted molar refractivity (Wildman–Crippen MR) is 126 cm³/mol. The third-order valence-corrected chi connectivity index (χ3v) is 7.32. The van der Waals surface area contributed by atoms with Crippen LogP contribution in [0, 0.1) is 0 Å². The molecule has 32 heavy (non-hydrogen) atoms. The van der Waals surface area contributed by atoms with Gasteiger partial charge < -0.3 is 10.1 Å². The van der Waals surface area contributed by atoms with E-state index in [0.717, 1.165) is 18.4 Å². The van der Waals surface area contributed by atoms with E-state index < -0.39 is 10.0 Å². The smallest absolute Gasteiger partial charge is 0.264 e. The number of anilines is 2. The minimum absolute atomic E-state index is 0.0871. The molecule has 3 aromatic rings. The Labute approximate surface area is 192 Å². The molecular formula is C24H23ClN2O4S. The van der Waals surface area contributed by atoms with Gasteiger partial charge in [-0.05, 0) is 73.9 Å². The van der Waals surface area contributed by atoms with Crippen molar-refractivity contribution in [2.45, 2.75) is 24.7 Å². The van der Waals surface area contributed by atoms with Crippen molar-refractivity contribution >= 4 is 38.9 Å². The van der Waals surface area contributed by atoms with Crippen molar-refractivity contribution in [1.29, 1.82) is 0 Å². The predicted octanol–water partition coefficient (Wildman–Crippen LogP) is 5.13. The first-order chi connectivity index (χ1) is 15.4. The summed E-state index contributed by atoms with van der Waals surface area (Å²) in [4.78, 5) is 12.8. The van der Waals surface area contributed by atoms with Crippen molar-refractivity contribution in [2.24, 2.45) is 0 Å². The number of hydrogen-bond donors (Lipinski definition) is 1. The SMILES string of the molecule is CCOc1ccc(S(=O)(=O)N2CCCc3ccccc32)cc1NC(=O)c1ccc(Cl)cc1. The number of aryl methyl sites for hydroxylation is 1. The van der Waals surface area contributed by atoms with Gasteiger partial charge in [-0.15, -0.1) is 0 Å². The Kier molecular flexibility index (Phi) is 6.39. The summed E-state index contributed by atoms with van der Waals surface area (Å²) >= 11 is 5.90. The molecule has 0 fully saturated rings. The second-order valence-electron chi connectivity index (χ2n) is 7.36. The van der Waals surface area contributed by atoms with Gasteiger partial charge >= 0.3 is 0 Å². The highest BCUT2D eigenvalue weighted by atomic mass is 35.5. The molecule has 0 aliphatic carbocycles. The van der Waals surface area contributed by atoms with Crippen LogP contribution in [0.3, 0.4) is 0 Å². The number of carbonyl (C=O) groups is 1. The fraction of sp³-hybridized carbons (Fsp3) is 0.208. The zero-order valence-electron chi connectivity index (χ0n) is 17.5. The van der Waals surface area contributed by atoms with Gasteiger partial charge in [-0.25, -0.2) is 8.42 Å². The van der Waals surface area contributed by atoms with Crippen LogP contribution >= 0.6 is 11.6 Å². The summed E-state index contributed by atoms with van der Waals surface area (Å²) in [7, 11) is -3.83. The molecule has 0 radical (unpaired) electrons. The highest BCUT2D eigenvalue weighted by molar-refractivity contribution is 7.92. The molecule has 1 aliphatic heterocycles. The van der Waals surface area contributed by atoms with Gasteiger partial charge in [0.15, 0.2) is 0 Å². The first kappa shape index (κ1) is 22.2. The number of halogens is 1. The maximum Gasteiger partial charge on any atom is 0.264 e. The third-order valence-electron chi connectivity index (χ3n) is 5.26. The number of hydrogen-bond acceptors (Lipinski definition) is 4. The van der Waals surface area contributed by atoms with E-state index in [2.05, 4.69) is 5.32 Å². The summed E-state index contributed by atoms with van der Waals surface area (Å²) in [6.07, 6.45) is 1.58. The van der Waals surface area contributed by atoms with Crippen LogP contribution in [0.5, 0.6) is 5.75 Å². The molecule has 0 aromatic heterocycles. The van der Waals surface area contributed by atoms with Crippen LogP contribution in [0.15, 0.2) is 71.6 Å². The van der Waals surface area contributed by atoms with E-state index >= 15 is 0 Å². The van der Waals surface area contributed by atoms with Crippen molar-refractivity contribution in [1.82, 2.24) is 0 Å². The van der Waals surface area contributed by atoms with Gasteiger partial charge in [-0.3, -0.25) is 9.10 Å². The van der Waals surface area contributed by atoms with E-state index in [9.17, 15) is 13.2 Å². The third kappa shape index (κ3) is 4.45. The van der Waals surface area contributed by atoms with Gasteiger partial charge in [-0.1, -0.05) is 29.8 Å². The van der Waals surface area contributed by atoms with Crippen LogP contribution in [0.1, 0.15) is 29.3 Å². The molecule has 6 nitrogen and oxygen atoms in total. The van der Waals surface area contributed by atoms with Crippen molar-refractivity contribution < 1.29 is 17.9 Å². The average Bonchev–Trinajstić information content (AvgIpc) is 2.80. The van der Waals surface area contributed by atoms with Crippen LogP contribution in [0.2, 0.25) is 5.02 Å². The molecule has 1 heterocycles. The Morgan fingerprint density at radius 2 is 1.84 bits per heavy atom. The second kappa shape index (κ2) is 9.22. The van der Waals surface area contributed by atoms with Crippen LogP contribution in [-0.2, 0) is 16.4 Å². The van der Waals surface area contributed by atoms with Gasteiger partial charge in [0.05, 0.1) is 22.9 Å². The summed E-state index contributed by atoms with van der Waals surface area (Å²) in [5.41, 5.74) is 2.39. The number of benzene rings is 3. The van der Waals surface area contributed by atoms with Gasteiger partial charge in [0, 0.05) is 17.1 Å². The van der Waals surface area contributed by atoms with Crippen molar-refractivity contribution in [3.05, 3.63) is 82.9 Å². The Morgan fingerprint density at radius 3 is 2.59 bits per heavy atom. The summed E-state index contributed by atoms with van der Waals surface area (Å²) in [6, 6.07) is 18.5. The van der Waals surface area contributed by atoms with E-state index in [-0.39, 0.29) is 16.5 Å². The normalized spacial score (nSPS) is 13.4. The molecule has 0 unspecified atom stereocenters. The Morgan fingerprint density at radius 1 is 1.09 bits per heavy atom. The maximum absolute atomic E-state index is 13.5.